The number of hydrogen-bond donors (Lipinski definition) is 3. The second-order valence-electron chi connectivity index (χ2n) is 4.57. The van der Waals surface area contributed by atoms with E-state index in [0.717, 1.165) is 12.0 Å². The molecule has 0 saturated carbocycles. The molecule has 0 bridgehead atoms. The molecule has 0 spiro atoms. The minimum Gasteiger partial charge on any atom is -0.508 e. The third kappa shape index (κ3) is 4.75. The lowest BCUT2D eigenvalue weighted by atomic mass is 10.1. The van der Waals surface area contributed by atoms with Gasteiger partial charge in [0.25, 0.3) is 0 Å². The Bertz CT molecular complexity index is 393. The zero-order valence-corrected chi connectivity index (χ0v) is 11.2. The van der Waals surface area contributed by atoms with Crippen LogP contribution >= 0.6 is 0 Å². The minimum absolute atomic E-state index is 0.0360. The summed E-state index contributed by atoms with van der Waals surface area (Å²) < 4.78 is 0. The van der Waals surface area contributed by atoms with Crippen LogP contribution in [0.15, 0.2) is 24.3 Å². The molecule has 0 heterocycles. The number of amides is 1. The molecule has 4 nitrogen and oxygen atoms in total. The van der Waals surface area contributed by atoms with Gasteiger partial charge in [0.05, 0.1) is 12.6 Å². The van der Waals surface area contributed by atoms with E-state index in [0.29, 0.717) is 12.6 Å². The average molecular weight is 250 g/mol. The Labute approximate surface area is 108 Å². The number of carbonyl (C=O) groups is 1. The zero-order valence-electron chi connectivity index (χ0n) is 11.2. The van der Waals surface area contributed by atoms with Crippen molar-refractivity contribution < 1.29 is 9.90 Å². The summed E-state index contributed by atoms with van der Waals surface area (Å²) in [7, 11) is 0. The summed E-state index contributed by atoms with van der Waals surface area (Å²) >= 11 is 0. The van der Waals surface area contributed by atoms with Gasteiger partial charge in [0, 0.05) is 6.04 Å². The van der Waals surface area contributed by atoms with Crippen molar-refractivity contribution in [1.82, 2.24) is 10.6 Å². The smallest absolute Gasteiger partial charge is 0.234 e. The van der Waals surface area contributed by atoms with Crippen LogP contribution in [0.2, 0.25) is 0 Å². The Morgan fingerprint density at radius 3 is 2.72 bits per heavy atom. The quantitative estimate of drug-likeness (QED) is 0.723. The van der Waals surface area contributed by atoms with Crippen molar-refractivity contribution >= 4 is 5.91 Å². The van der Waals surface area contributed by atoms with Gasteiger partial charge in [-0.2, -0.15) is 0 Å². The second-order valence-corrected chi connectivity index (χ2v) is 4.57. The van der Waals surface area contributed by atoms with E-state index >= 15 is 0 Å². The zero-order chi connectivity index (χ0) is 13.5. The number of phenols is 1. The van der Waals surface area contributed by atoms with Gasteiger partial charge in [-0.3, -0.25) is 4.79 Å². The first kappa shape index (κ1) is 14.5. The van der Waals surface area contributed by atoms with Crippen molar-refractivity contribution in [3.05, 3.63) is 29.8 Å². The molecule has 0 radical (unpaired) electrons. The van der Waals surface area contributed by atoms with Gasteiger partial charge in [-0.05, 0) is 38.0 Å². The van der Waals surface area contributed by atoms with Crippen molar-refractivity contribution in [2.45, 2.75) is 39.3 Å². The van der Waals surface area contributed by atoms with Crippen molar-refractivity contribution in [2.75, 3.05) is 6.54 Å². The van der Waals surface area contributed by atoms with E-state index in [1.54, 1.807) is 18.2 Å². The predicted molar refractivity (Wildman–Crippen MR) is 72.4 cm³/mol. The van der Waals surface area contributed by atoms with E-state index in [2.05, 4.69) is 17.6 Å². The van der Waals surface area contributed by atoms with Crippen LogP contribution in [0.5, 0.6) is 5.75 Å². The first-order valence-electron chi connectivity index (χ1n) is 6.34. The van der Waals surface area contributed by atoms with Crippen LogP contribution in [0.3, 0.4) is 0 Å². The number of nitrogens with one attached hydrogen (secondary N) is 2. The fourth-order valence-corrected chi connectivity index (χ4v) is 1.58. The normalized spacial score (nSPS) is 13.9. The lowest BCUT2D eigenvalue weighted by Gasteiger charge is -2.16. The SMILES string of the molecule is CCC(C)NCC(=O)NC(C)c1cccc(O)c1. The molecule has 1 aromatic rings. The average Bonchev–Trinajstić information content (AvgIpc) is 2.35. The molecule has 0 fully saturated rings. The van der Waals surface area contributed by atoms with Gasteiger partial charge in [-0.1, -0.05) is 19.1 Å². The highest BCUT2D eigenvalue weighted by Crippen LogP contribution is 2.17. The highest BCUT2D eigenvalue weighted by atomic mass is 16.3. The molecule has 1 amide bonds. The van der Waals surface area contributed by atoms with Gasteiger partial charge in [0.1, 0.15) is 5.75 Å². The number of hydrogen-bond acceptors (Lipinski definition) is 3. The lowest BCUT2D eigenvalue weighted by molar-refractivity contribution is -0.121. The van der Waals surface area contributed by atoms with Crippen LogP contribution in [-0.4, -0.2) is 23.6 Å². The van der Waals surface area contributed by atoms with Crippen LogP contribution < -0.4 is 10.6 Å². The van der Waals surface area contributed by atoms with E-state index in [1.807, 2.05) is 19.9 Å². The van der Waals surface area contributed by atoms with Crippen LogP contribution in [0.25, 0.3) is 0 Å². The summed E-state index contributed by atoms with van der Waals surface area (Å²) in [5, 5.41) is 15.4. The van der Waals surface area contributed by atoms with Gasteiger partial charge in [0.15, 0.2) is 0 Å². The van der Waals surface area contributed by atoms with Crippen LogP contribution in [0.1, 0.15) is 38.8 Å². The molecule has 0 aliphatic rings. The van der Waals surface area contributed by atoms with Gasteiger partial charge in [-0.25, -0.2) is 0 Å². The van der Waals surface area contributed by atoms with E-state index < -0.39 is 0 Å². The van der Waals surface area contributed by atoms with Crippen molar-refractivity contribution in [1.29, 1.82) is 0 Å². The molecule has 100 valence electrons. The van der Waals surface area contributed by atoms with Crippen LogP contribution in [0, 0.1) is 0 Å². The Balaban J connectivity index is 2.44. The second kappa shape index (κ2) is 7.01. The van der Waals surface area contributed by atoms with Gasteiger partial charge in [-0.15, -0.1) is 0 Å². The van der Waals surface area contributed by atoms with E-state index in [4.69, 9.17) is 0 Å². The summed E-state index contributed by atoms with van der Waals surface area (Å²) in [4.78, 5) is 11.7. The summed E-state index contributed by atoms with van der Waals surface area (Å²) in [6.07, 6.45) is 0.995. The summed E-state index contributed by atoms with van der Waals surface area (Å²) in [5.41, 5.74) is 0.895. The van der Waals surface area contributed by atoms with Gasteiger partial charge in [0.2, 0.25) is 5.91 Å². The molecule has 0 aliphatic carbocycles. The highest BCUT2D eigenvalue weighted by Gasteiger charge is 2.10. The summed E-state index contributed by atoms with van der Waals surface area (Å²) in [5.74, 6) is 0.178. The van der Waals surface area contributed by atoms with E-state index in [9.17, 15) is 9.90 Å². The third-order valence-corrected chi connectivity index (χ3v) is 2.97. The Morgan fingerprint density at radius 2 is 2.11 bits per heavy atom. The van der Waals surface area contributed by atoms with Crippen LogP contribution in [0.4, 0.5) is 0 Å². The van der Waals surface area contributed by atoms with E-state index in [1.165, 1.54) is 0 Å². The van der Waals surface area contributed by atoms with Crippen LogP contribution in [-0.2, 0) is 4.79 Å². The first-order valence-corrected chi connectivity index (χ1v) is 6.34. The number of benzene rings is 1. The fourth-order valence-electron chi connectivity index (χ4n) is 1.58. The third-order valence-electron chi connectivity index (χ3n) is 2.97. The highest BCUT2D eigenvalue weighted by molar-refractivity contribution is 5.78. The molecule has 0 aromatic heterocycles. The van der Waals surface area contributed by atoms with Crippen molar-refractivity contribution in [2.24, 2.45) is 0 Å². The first-order chi connectivity index (χ1) is 8.52. The largest absolute Gasteiger partial charge is 0.508 e. The number of rotatable bonds is 6. The fraction of sp³-hybridized carbons (Fsp3) is 0.500. The predicted octanol–water partition coefficient (Wildman–Crippen LogP) is 1.96. The molecular weight excluding hydrogens is 228 g/mol. The molecule has 4 heteroatoms. The molecule has 2 unspecified atom stereocenters. The maximum absolute atomic E-state index is 11.7. The van der Waals surface area contributed by atoms with E-state index in [-0.39, 0.29) is 17.7 Å². The maximum atomic E-state index is 11.7. The standard InChI is InChI=1S/C14H22N2O2/c1-4-10(2)15-9-14(18)16-11(3)12-6-5-7-13(17)8-12/h5-8,10-11,15,17H,4,9H2,1-3H3,(H,16,18). The molecule has 0 saturated heterocycles. The summed E-state index contributed by atoms with van der Waals surface area (Å²) in [6, 6.07) is 7.16. The Hall–Kier alpha value is -1.55. The molecule has 18 heavy (non-hydrogen) atoms. The van der Waals surface area contributed by atoms with Crippen molar-refractivity contribution in [3.8, 4) is 5.75 Å². The Kier molecular flexibility index (Phi) is 5.65. The number of aromatic hydroxyl groups is 1. The molecule has 3 N–H and O–H groups in total. The van der Waals surface area contributed by atoms with Gasteiger partial charge < -0.3 is 15.7 Å². The van der Waals surface area contributed by atoms with Gasteiger partial charge >= 0.3 is 0 Å². The number of phenolic OH excluding ortho intramolecular Hbond substituents is 1. The molecule has 1 rings (SSSR count). The summed E-state index contributed by atoms with van der Waals surface area (Å²) in [6.45, 7) is 6.34. The molecular formula is C14H22N2O2. The minimum atomic E-state index is -0.108. The number of carbonyl (C=O) groups excluding carboxylic acids is 1. The topological polar surface area (TPSA) is 61.4 Å². The monoisotopic (exact) mass is 250 g/mol. The van der Waals surface area contributed by atoms with Crippen molar-refractivity contribution in [3.63, 3.8) is 0 Å². The molecule has 1 aromatic carbocycles. The Morgan fingerprint density at radius 1 is 1.39 bits per heavy atom. The maximum Gasteiger partial charge on any atom is 0.234 e. The molecule has 0 aliphatic heterocycles. The molecule has 2 atom stereocenters. The lowest BCUT2D eigenvalue weighted by Crippen LogP contribution is -2.38.